The molecule has 0 amide bonds. The van der Waals surface area contributed by atoms with Gasteiger partial charge in [-0.05, 0) is 62.7 Å². The van der Waals surface area contributed by atoms with Crippen LogP contribution in [-0.4, -0.2) is 43.9 Å². The molecule has 0 bridgehead atoms. The van der Waals surface area contributed by atoms with Crippen LogP contribution in [0.1, 0.15) is 49.1 Å². The van der Waals surface area contributed by atoms with Gasteiger partial charge in [0.2, 0.25) is 0 Å². The van der Waals surface area contributed by atoms with Crippen molar-refractivity contribution in [3.63, 3.8) is 0 Å². The molecule has 0 aliphatic rings. The number of nitrogens with zero attached hydrogens (tertiary/aromatic N) is 3. The summed E-state index contributed by atoms with van der Waals surface area (Å²) in [5, 5.41) is 13.0. The van der Waals surface area contributed by atoms with E-state index in [1.165, 1.54) is 14.2 Å². The molecule has 0 aromatic heterocycles. The van der Waals surface area contributed by atoms with Gasteiger partial charge >= 0.3 is 5.97 Å². The second-order valence-corrected chi connectivity index (χ2v) is 8.85. The van der Waals surface area contributed by atoms with Crippen LogP contribution in [0.3, 0.4) is 0 Å². The highest BCUT2D eigenvalue weighted by molar-refractivity contribution is 6.47. The van der Waals surface area contributed by atoms with Crippen molar-refractivity contribution in [2.75, 3.05) is 20.8 Å². The maximum atomic E-state index is 12.2. The largest absolute Gasteiger partial charge is 0.486 e. The molecule has 3 aromatic rings. The molecule has 10 heteroatoms. The van der Waals surface area contributed by atoms with E-state index in [-0.39, 0.29) is 18.4 Å². The van der Waals surface area contributed by atoms with Crippen LogP contribution in [0, 0.1) is 0 Å². The SMILES string of the molecule is CCO/N=C(/C(C)=N/OCc1ccccc1/C(=N\OC)C(=O)OC)c1ccc(OC(C)c2ccc(Cl)cc2)cc1. The van der Waals surface area contributed by atoms with E-state index in [1.807, 2.05) is 68.4 Å². The van der Waals surface area contributed by atoms with Crippen molar-refractivity contribution in [2.24, 2.45) is 15.5 Å². The smallest absolute Gasteiger partial charge is 0.360 e. The fourth-order valence-corrected chi connectivity index (χ4v) is 3.78. The summed E-state index contributed by atoms with van der Waals surface area (Å²) < 4.78 is 10.9. The summed E-state index contributed by atoms with van der Waals surface area (Å²) in [6.07, 6.45) is -0.159. The highest BCUT2D eigenvalue weighted by Gasteiger charge is 2.19. The zero-order chi connectivity index (χ0) is 28.9. The molecule has 1 unspecified atom stereocenters. The highest BCUT2D eigenvalue weighted by Crippen LogP contribution is 2.24. The molecular formula is C30H32ClN3O6. The van der Waals surface area contributed by atoms with Crippen molar-refractivity contribution in [3.05, 3.63) is 100 Å². The molecule has 0 N–H and O–H groups in total. The number of oxime groups is 3. The third-order valence-corrected chi connectivity index (χ3v) is 5.91. The number of benzene rings is 3. The first-order chi connectivity index (χ1) is 19.4. The number of halogens is 1. The zero-order valence-corrected chi connectivity index (χ0v) is 23.8. The molecule has 3 aromatic carbocycles. The minimum atomic E-state index is -0.630. The fourth-order valence-electron chi connectivity index (χ4n) is 3.66. The van der Waals surface area contributed by atoms with Crippen LogP contribution in [0.15, 0.2) is 88.3 Å². The minimum absolute atomic E-state index is 0.0242. The van der Waals surface area contributed by atoms with Gasteiger partial charge in [0.05, 0.1) is 7.11 Å². The van der Waals surface area contributed by atoms with Crippen molar-refractivity contribution in [3.8, 4) is 5.75 Å². The fraction of sp³-hybridized carbons (Fsp3) is 0.267. The van der Waals surface area contributed by atoms with Crippen LogP contribution >= 0.6 is 11.6 Å². The highest BCUT2D eigenvalue weighted by atomic mass is 35.5. The molecular weight excluding hydrogens is 534 g/mol. The topological polar surface area (TPSA) is 100 Å². The summed E-state index contributed by atoms with van der Waals surface area (Å²) in [6, 6.07) is 22.1. The maximum absolute atomic E-state index is 12.2. The molecule has 0 fully saturated rings. The van der Waals surface area contributed by atoms with Gasteiger partial charge in [0.1, 0.15) is 43.6 Å². The van der Waals surface area contributed by atoms with Gasteiger partial charge in [0.25, 0.3) is 0 Å². The van der Waals surface area contributed by atoms with Crippen molar-refractivity contribution < 1.29 is 28.8 Å². The average Bonchev–Trinajstić information content (AvgIpc) is 2.97. The molecule has 0 saturated carbocycles. The third-order valence-electron chi connectivity index (χ3n) is 5.66. The van der Waals surface area contributed by atoms with Crippen LogP contribution in [0.5, 0.6) is 5.75 Å². The Labute approximate surface area is 239 Å². The predicted octanol–water partition coefficient (Wildman–Crippen LogP) is 6.34. The Hall–Kier alpha value is -4.37. The Balaban J connectivity index is 1.75. The van der Waals surface area contributed by atoms with Gasteiger partial charge in [-0.3, -0.25) is 0 Å². The van der Waals surface area contributed by atoms with Crippen molar-refractivity contribution >= 4 is 34.7 Å². The van der Waals surface area contributed by atoms with Gasteiger partial charge in [-0.1, -0.05) is 63.5 Å². The van der Waals surface area contributed by atoms with Crippen molar-refractivity contribution in [1.29, 1.82) is 0 Å². The number of hydrogen-bond acceptors (Lipinski definition) is 9. The summed E-state index contributed by atoms with van der Waals surface area (Å²) in [7, 11) is 2.63. The zero-order valence-electron chi connectivity index (χ0n) is 23.1. The molecule has 0 saturated heterocycles. The number of hydrogen-bond donors (Lipinski definition) is 0. The Morgan fingerprint density at radius 2 is 1.57 bits per heavy atom. The van der Waals surface area contributed by atoms with E-state index in [0.717, 1.165) is 11.1 Å². The van der Waals surface area contributed by atoms with Gasteiger partial charge in [-0.2, -0.15) is 0 Å². The lowest BCUT2D eigenvalue weighted by Gasteiger charge is -2.15. The van der Waals surface area contributed by atoms with E-state index in [4.69, 9.17) is 35.6 Å². The monoisotopic (exact) mass is 565 g/mol. The second kappa shape index (κ2) is 15.3. The summed E-state index contributed by atoms with van der Waals surface area (Å²) in [5.74, 6) is 0.0682. The number of carbonyl (C=O) groups excluding carboxylic acids is 1. The number of methoxy groups -OCH3 is 1. The molecule has 210 valence electrons. The number of ether oxygens (including phenoxy) is 2. The molecule has 9 nitrogen and oxygen atoms in total. The van der Waals surface area contributed by atoms with Crippen molar-refractivity contribution in [2.45, 2.75) is 33.5 Å². The summed E-state index contributed by atoms with van der Waals surface area (Å²) in [4.78, 5) is 28.0. The Kier molecular flexibility index (Phi) is 11.5. The average molecular weight is 566 g/mol. The number of carbonyl (C=O) groups is 1. The predicted molar refractivity (Wildman–Crippen MR) is 155 cm³/mol. The second-order valence-electron chi connectivity index (χ2n) is 8.42. The lowest BCUT2D eigenvalue weighted by molar-refractivity contribution is -0.132. The van der Waals surface area contributed by atoms with Gasteiger partial charge in [0.15, 0.2) is 5.71 Å². The summed E-state index contributed by atoms with van der Waals surface area (Å²) in [6.45, 7) is 6.03. The lowest BCUT2D eigenvalue weighted by atomic mass is 10.0. The van der Waals surface area contributed by atoms with E-state index >= 15 is 0 Å². The normalized spacial score (nSPS) is 12.9. The molecule has 3 rings (SSSR count). The first-order valence-electron chi connectivity index (χ1n) is 12.5. The van der Waals surface area contributed by atoms with E-state index < -0.39 is 5.97 Å². The van der Waals surface area contributed by atoms with Crippen LogP contribution in [0.25, 0.3) is 0 Å². The van der Waals surface area contributed by atoms with Crippen LogP contribution in [0.4, 0.5) is 0 Å². The maximum Gasteiger partial charge on any atom is 0.360 e. The third kappa shape index (κ3) is 8.31. The van der Waals surface area contributed by atoms with Gasteiger partial charge < -0.3 is 24.0 Å². The number of esters is 1. The minimum Gasteiger partial charge on any atom is -0.486 e. The molecule has 1 atom stereocenters. The molecule has 0 radical (unpaired) electrons. The summed E-state index contributed by atoms with van der Waals surface area (Å²) in [5.41, 5.74) is 3.98. The van der Waals surface area contributed by atoms with E-state index in [2.05, 4.69) is 15.5 Å². The first kappa shape index (κ1) is 30.2. The molecule has 40 heavy (non-hydrogen) atoms. The number of rotatable bonds is 13. The molecule has 0 heterocycles. The van der Waals surface area contributed by atoms with Crippen LogP contribution in [-0.2, 0) is 30.7 Å². The van der Waals surface area contributed by atoms with Gasteiger partial charge in [-0.15, -0.1) is 0 Å². The summed E-state index contributed by atoms with van der Waals surface area (Å²) >= 11 is 5.99. The van der Waals surface area contributed by atoms with Gasteiger partial charge in [0, 0.05) is 21.7 Å². The Morgan fingerprint density at radius 1 is 0.875 bits per heavy atom. The quantitative estimate of drug-likeness (QED) is 0.136. The molecule has 0 aliphatic carbocycles. The van der Waals surface area contributed by atoms with E-state index in [0.29, 0.717) is 39.9 Å². The van der Waals surface area contributed by atoms with Crippen LogP contribution < -0.4 is 4.74 Å². The Morgan fingerprint density at radius 3 is 2.23 bits per heavy atom. The standard InChI is InChI=1S/C30H32ClN3O6/c1-6-38-34-28(23-13-17-26(18-14-23)40-21(3)22-11-15-25(31)16-12-22)20(2)32-39-19-24-9-7-8-10-27(24)29(33-37-5)30(35)36-4/h7-18,21H,6,19H2,1-5H3/b32-20+,33-29+,34-28-. The van der Waals surface area contributed by atoms with Crippen LogP contribution in [0.2, 0.25) is 5.02 Å². The first-order valence-corrected chi connectivity index (χ1v) is 12.9. The van der Waals surface area contributed by atoms with Crippen molar-refractivity contribution in [1.82, 2.24) is 0 Å². The van der Waals surface area contributed by atoms with E-state index in [1.54, 1.807) is 25.1 Å². The van der Waals surface area contributed by atoms with E-state index in [9.17, 15) is 4.79 Å². The lowest BCUT2D eigenvalue weighted by Crippen LogP contribution is -2.19. The van der Waals surface area contributed by atoms with Gasteiger partial charge in [-0.25, -0.2) is 4.79 Å². The molecule has 0 aliphatic heterocycles. The Bertz CT molecular complexity index is 1350. The molecule has 0 spiro atoms.